The van der Waals surface area contributed by atoms with Crippen LogP contribution in [-0.2, 0) is 0 Å². The second-order valence-corrected chi connectivity index (χ2v) is 5.29. The molecule has 0 heterocycles. The third-order valence-electron chi connectivity index (χ3n) is 2.72. The molecule has 0 aliphatic carbocycles. The van der Waals surface area contributed by atoms with Crippen LogP contribution in [0, 0.1) is 20.2 Å². The van der Waals surface area contributed by atoms with E-state index in [2.05, 4.69) is 9.46 Å². The molecule has 0 fully saturated rings. The van der Waals surface area contributed by atoms with Gasteiger partial charge in [0.25, 0.3) is 11.4 Å². The predicted octanol–water partition coefficient (Wildman–Crippen LogP) is 4.52. The molecule has 8 nitrogen and oxygen atoms in total. The van der Waals surface area contributed by atoms with Gasteiger partial charge in [0.05, 0.1) is 15.9 Å². The van der Waals surface area contributed by atoms with Crippen molar-refractivity contribution in [1.29, 1.82) is 0 Å². The molecule has 0 aromatic heterocycles. The molecule has 0 amide bonds. The minimum absolute atomic E-state index is 0.103. The van der Waals surface area contributed by atoms with E-state index in [0.717, 1.165) is 36.2 Å². The maximum absolute atomic E-state index is 12.1. The first kappa shape index (κ1) is 18.3. The molecule has 0 saturated heterocycles. The quantitative estimate of drug-likeness (QED) is 0.449. The molecule has 0 aliphatic rings. The van der Waals surface area contributed by atoms with Crippen LogP contribution in [0.1, 0.15) is 0 Å². The molecule has 132 valence electrons. The summed E-state index contributed by atoms with van der Waals surface area (Å²) in [4.78, 5) is 20.3. The molecule has 12 heteroatoms. The third-order valence-corrected chi connectivity index (χ3v) is 3.62. The van der Waals surface area contributed by atoms with Crippen molar-refractivity contribution in [3.05, 3.63) is 62.7 Å². The lowest BCUT2D eigenvalue weighted by Crippen LogP contribution is -2.16. The third kappa shape index (κ3) is 5.24. The Kier molecular flexibility index (Phi) is 5.32. The second kappa shape index (κ2) is 7.25. The average Bonchev–Trinajstić information content (AvgIpc) is 2.52. The molecule has 0 radical (unpaired) electrons. The van der Waals surface area contributed by atoms with Crippen LogP contribution in [-0.4, -0.2) is 16.2 Å². The zero-order valence-corrected chi connectivity index (χ0v) is 12.8. The SMILES string of the molecule is O=[N+]([O-])c1ccc(SNc2ccc(OC(F)(F)F)cc2)c([N+](=O)[O-])c1. The number of rotatable bonds is 6. The van der Waals surface area contributed by atoms with E-state index in [-0.39, 0.29) is 4.90 Å². The Morgan fingerprint density at radius 3 is 2.16 bits per heavy atom. The number of ether oxygens (including phenoxy) is 1. The van der Waals surface area contributed by atoms with Gasteiger partial charge in [-0.1, -0.05) is 0 Å². The summed E-state index contributed by atoms with van der Waals surface area (Å²) < 4.78 is 42.6. The van der Waals surface area contributed by atoms with Crippen molar-refractivity contribution in [1.82, 2.24) is 0 Å². The standard InChI is InChI=1S/C13H8F3N3O5S/c14-13(15,16)24-10-4-1-8(2-5-10)17-25-12-6-3-9(18(20)21)7-11(12)19(22)23/h1-7,17H. The van der Waals surface area contributed by atoms with E-state index < -0.39 is 33.3 Å². The predicted molar refractivity (Wildman–Crippen MR) is 82.4 cm³/mol. The molecular weight excluding hydrogens is 367 g/mol. The highest BCUT2D eigenvalue weighted by Crippen LogP contribution is 2.33. The maximum atomic E-state index is 12.1. The minimum atomic E-state index is -4.80. The number of hydrogen-bond acceptors (Lipinski definition) is 7. The van der Waals surface area contributed by atoms with Gasteiger partial charge in [-0.25, -0.2) is 0 Å². The van der Waals surface area contributed by atoms with Crippen molar-refractivity contribution in [3.63, 3.8) is 0 Å². The number of nitrogens with one attached hydrogen (secondary N) is 1. The van der Waals surface area contributed by atoms with Crippen LogP contribution in [0.25, 0.3) is 0 Å². The van der Waals surface area contributed by atoms with Crippen molar-refractivity contribution < 1.29 is 27.8 Å². The van der Waals surface area contributed by atoms with Gasteiger partial charge < -0.3 is 9.46 Å². The Morgan fingerprint density at radius 2 is 1.64 bits per heavy atom. The van der Waals surface area contributed by atoms with E-state index in [1.54, 1.807) is 0 Å². The fourth-order valence-electron chi connectivity index (χ4n) is 1.69. The van der Waals surface area contributed by atoms with Crippen molar-refractivity contribution in [2.24, 2.45) is 0 Å². The Hall–Kier alpha value is -3.02. The number of anilines is 1. The summed E-state index contributed by atoms with van der Waals surface area (Å²) in [5.74, 6) is -0.413. The molecule has 2 aromatic carbocycles. The first-order valence-electron chi connectivity index (χ1n) is 6.37. The highest BCUT2D eigenvalue weighted by molar-refractivity contribution is 8.00. The molecule has 0 unspecified atom stereocenters. The maximum Gasteiger partial charge on any atom is 0.573 e. The number of benzene rings is 2. The average molecular weight is 375 g/mol. The lowest BCUT2D eigenvalue weighted by Gasteiger charge is -2.10. The molecule has 25 heavy (non-hydrogen) atoms. The summed E-state index contributed by atoms with van der Waals surface area (Å²) >= 11 is 0.791. The fourth-order valence-corrected chi connectivity index (χ4v) is 2.42. The topological polar surface area (TPSA) is 108 Å². The largest absolute Gasteiger partial charge is 0.573 e. The zero-order chi connectivity index (χ0) is 18.6. The van der Waals surface area contributed by atoms with Crippen molar-refractivity contribution in [2.45, 2.75) is 11.3 Å². The summed E-state index contributed by atoms with van der Waals surface area (Å²) in [7, 11) is 0. The molecule has 0 saturated carbocycles. The number of non-ortho nitro benzene ring substituents is 1. The highest BCUT2D eigenvalue weighted by atomic mass is 32.2. The summed E-state index contributed by atoms with van der Waals surface area (Å²) in [5, 5.41) is 21.7. The number of halogens is 3. The highest BCUT2D eigenvalue weighted by Gasteiger charge is 2.31. The Morgan fingerprint density at radius 1 is 1.00 bits per heavy atom. The van der Waals surface area contributed by atoms with Gasteiger partial charge >= 0.3 is 6.36 Å². The van der Waals surface area contributed by atoms with Crippen LogP contribution >= 0.6 is 11.9 Å². The number of alkyl halides is 3. The summed E-state index contributed by atoms with van der Waals surface area (Å²) in [6, 6.07) is 7.84. The van der Waals surface area contributed by atoms with E-state index in [9.17, 15) is 33.4 Å². The molecule has 0 bridgehead atoms. The molecule has 1 N–H and O–H groups in total. The number of nitro groups is 2. The van der Waals surface area contributed by atoms with Gasteiger partial charge in [-0.05, 0) is 42.3 Å². The Balaban J connectivity index is 2.10. The van der Waals surface area contributed by atoms with Gasteiger partial charge in [-0.2, -0.15) is 0 Å². The van der Waals surface area contributed by atoms with Crippen LogP contribution in [0.4, 0.5) is 30.2 Å². The molecule has 0 aliphatic heterocycles. The second-order valence-electron chi connectivity index (χ2n) is 4.44. The number of nitro benzene ring substituents is 2. The summed E-state index contributed by atoms with van der Waals surface area (Å²) in [5.41, 5.74) is -0.541. The van der Waals surface area contributed by atoms with E-state index >= 15 is 0 Å². The summed E-state index contributed by atoms with van der Waals surface area (Å²) in [6.45, 7) is 0. The molecule has 2 aromatic rings. The van der Waals surface area contributed by atoms with Gasteiger partial charge in [0.2, 0.25) is 0 Å². The lowest BCUT2D eigenvalue weighted by molar-refractivity contribution is -0.396. The fraction of sp³-hybridized carbons (Fsp3) is 0.0769. The monoisotopic (exact) mass is 375 g/mol. The van der Waals surface area contributed by atoms with Crippen LogP contribution in [0.2, 0.25) is 0 Å². The van der Waals surface area contributed by atoms with Gasteiger partial charge in [0.1, 0.15) is 10.6 Å². The molecular formula is C13H8F3N3O5S. The lowest BCUT2D eigenvalue weighted by atomic mass is 10.3. The van der Waals surface area contributed by atoms with Crippen molar-refractivity contribution in [3.8, 4) is 5.75 Å². The minimum Gasteiger partial charge on any atom is -0.406 e. The zero-order valence-electron chi connectivity index (χ0n) is 12.0. The normalized spacial score (nSPS) is 11.0. The number of nitrogens with zero attached hydrogens (tertiary/aromatic N) is 2. The van der Waals surface area contributed by atoms with Crippen molar-refractivity contribution in [2.75, 3.05) is 4.72 Å². The Bertz CT molecular complexity index is 798. The van der Waals surface area contributed by atoms with Crippen LogP contribution in [0.15, 0.2) is 47.4 Å². The van der Waals surface area contributed by atoms with Gasteiger partial charge in [0, 0.05) is 11.8 Å². The van der Waals surface area contributed by atoms with E-state index in [1.807, 2.05) is 0 Å². The van der Waals surface area contributed by atoms with E-state index in [1.165, 1.54) is 18.2 Å². The van der Waals surface area contributed by atoms with Crippen LogP contribution < -0.4 is 9.46 Å². The smallest absolute Gasteiger partial charge is 0.406 e. The van der Waals surface area contributed by atoms with Crippen LogP contribution in [0.5, 0.6) is 5.75 Å². The Labute approximate surface area is 142 Å². The van der Waals surface area contributed by atoms with Gasteiger partial charge in [-0.3, -0.25) is 20.2 Å². The van der Waals surface area contributed by atoms with E-state index in [0.29, 0.717) is 5.69 Å². The molecule has 0 atom stereocenters. The first-order valence-corrected chi connectivity index (χ1v) is 7.19. The van der Waals surface area contributed by atoms with Gasteiger partial charge in [-0.15, -0.1) is 13.2 Å². The summed E-state index contributed by atoms with van der Waals surface area (Å²) in [6.07, 6.45) is -4.80. The van der Waals surface area contributed by atoms with Crippen molar-refractivity contribution >= 4 is 29.0 Å². The van der Waals surface area contributed by atoms with E-state index in [4.69, 9.17) is 0 Å². The number of hydrogen-bond donors (Lipinski definition) is 1. The van der Waals surface area contributed by atoms with Gasteiger partial charge in [0.15, 0.2) is 0 Å². The first-order chi connectivity index (χ1) is 11.7. The molecule has 2 rings (SSSR count). The molecule has 0 spiro atoms. The van der Waals surface area contributed by atoms with Crippen LogP contribution in [0.3, 0.4) is 0 Å².